The van der Waals surface area contributed by atoms with Crippen molar-refractivity contribution in [2.24, 2.45) is 5.92 Å². The van der Waals surface area contributed by atoms with E-state index in [1.165, 1.54) is 0 Å². The van der Waals surface area contributed by atoms with Gasteiger partial charge in [0.2, 0.25) is 0 Å². The average Bonchev–Trinajstić information content (AvgIpc) is 2.86. The highest BCUT2D eigenvalue weighted by atomic mass is 16.3. The fourth-order valence-corrected chi connectivity index (χ4v) is 3.00. The number of nitrogens with zero attached hydrogens (tertiary/aromatic N) is 3. The molecule has 0 aliphatic rings. The van der Waals surface area contributed by atoms with Crippen molar-refractivity contribution >= 4 is 22.5 Å². The van der Waals surface area contributed by atoms with E-state index in [-0.39, 0.29) is 0 Å². The number of benzene rings is 1. The Morgan fingerprint density at radius 3 is 2.40 bits per heavy atom. The molecule has 0 unspecified atom stereocenters. The number of hydrogen-bond donors (Lipinski definition) is 2. The zero-order valence-electron chi connectivity index (χ0n) is 16.2. The SMILES string of the molecule is CC.CC(C)Cc1nc2c(N)nc3ccccc3n2c1CC(C)(C)O. The molecule has 0 bridgehead atoms. The smallest absolute Gasteiger partial charge is 0.180 e. The Bertz CT molecular complexity index is 859. The van der Waals surface area contributed by atoms with Crippen molar-refractivity contribution in [3.8, 4) is 0 Å². The van der Waals surface area contributed by atoms with Gasteiger partial charge in [0.1, 0.15) is 0 Å². The van der Waals surface area contributed by atoms with E-state index in [1.54, 1.807) is 0 Å². The molecule has 2 heterocycles. The first-order chi connectivity index (χ1) is 11.8. The second-order valence-electron chi connectivity index (χ2n) is 7.24. The summed E-state index contributed by atoms with van der Waals surface area (Å²) in [5.41, 5.74) is 9.82. The number of aromatic nitrogens is 3. The van der Waals surface area contributed by atoms with E-state index in [2.05, 4.69) is 23.2 Å². The van der Waals surface area contributed by atoms with Gasteiger partial charge in [0.25, 0.3) is 0 Å². The average molecular weight is 342 g/mol. The van der Waals surface area contributed by atoms with Gasteiger partial charge in [0.15, 0.2) is 11.5 Å². The molecule has 0 amide bonds. The third-order valence-electron chi connectivity index (χ3n) is 3.85. The van der Waals surface area contributed by atoms with Gasteiger partial charge in [-0.1, -0.05) is 39.8 Å². The van der Waals surface area contributed by atoms with Crippen molar-refractivity contribution in [1.29, 1.82) is 0 Å². The summed E-state index contributed by atoms with van der Waals surface area (Å²) in [6, 6.07) is 7.89. The van der Waals surface area contributed by atoms with E-state index < -0.39 is 5.60 Å². The molecule has 0 fully saturated rings. The predicted octanol–water partition coefficient (Wildman–Crippen LogP) is 4.00. The summed E-state index contributed by atoms with van der Waals surface area (Å²) in [5.74, 6) is 0.900. The molecule has 0 saturated heterocycles. The van der Waals surface area contributed by atoms with Crippen LogP contribution in [-0.2, 0) is 12.8 Å². The fourth-order valence-electron chi connectivity index (χ4n) is 3.00. The molecule has 0 aliphatic heterocycles. The lowest BCUT2D eigenvalue weighted by Gasteiger charge is -2.19. The molecule has 136 valence electrons. The van der Waals surface area contributed by atoms with E-state index in [9.17, 15) is 5.11 Å². The Balaban J connectivity index is 0.00000109. The second-order valence-corrected chi connectivity index (χ2v) is 7.24. The number of anilines is 1. The maximum absolute atomic E-state index is 10.4. The van der Waals surface area contributed by atoms with Crippen LogP contribution in [0.15, 0.2) is 24.3 Å². The normalized spacial score (nSPS) is 11.8. The van der Waals surface area contributed by atoms with E-state index in [4.69, 9.17) is 10.7 Å². The lowest BCUT2D eigenvalue weighted by atomic mass is 9.98. The van der Waals surface area contributed by atoms with Gasteiger partial charge < -0.3 is 10.8 Å². The van der Waals surface area contributed by atoms with Crippen molar-refractivity contribution in [2.75, 3.05) is 5.73 Å². The van der Waals surface area contributed by atoms with Gasteiger partial charge in [-0.3, -0.25) is 4.40 Å². The Hall–Kier alpha value is -2.14. The van der Waals surface area contributed by atoms with Crippen LogP contribution in [0.5, 0.6) is 0 Å². The summed E-state index contributed by atoms with van der Waals surface area (Å²) >= 11 is 0. The molecule has 0 atom stereocenters. The number of rotatable bonds is 4. The summed E-state index contributed by atoms with van der Waals surface area (Å²) in [6.45, 7) is 12.0. The third-order valence-corrected chi connectivity index (χ3v) is 3.85. The maximum Gasteiger partial charge on any atom is 0.180 e. The Morgan fingerprint density at radius 1 is 1.16 bits per heavy atom. The number of nitrogen functional groups attached to an aromatic ring is 1. The van der Waals surface area contributed by atoms with Crippen LogP contribution in [-0.4, -0.2) is 25.1 Å². The second kappa shape index (κ2) is 7.40. The van der Waals surface area contributed by atoms with Crippen molar-refractivity contribution in [3.63, 3.8) is 0 Å². The quantitative estimate of drug-likeness (QED) is 0.751. The maximum atomic E-state index is 10.4. The first kappa shape index (κ1) is 19.2. The van der Waals surface area contributed by atoms with Crippen molar-refractivity contribution in [3.05, 3.63) is 35.7 Å². The minimum atomic E-state index is -0.819. The molecule has 1 aromatic carbocycles. The topological polar surface area (TPSA) is 76.4 Å². The van der Waals surface area contributed by atoms with Crippen molar-refractivity contribution < 1.29 is 5.11 Å². The molecule has 2 aromatic heterocycles. The summed E-state index contributed by atoms with van der Waals surface area (Å²) in [4.78, 5) is 9.22. The molecule has 5 heteroatoms. The first-order valence-corrected chi connectivity index (χ1v) is 9.03. The van der Waals surface area contributed by atoms with E-state index in [1.807, 2.05) is 52.0 Å². The fraction of sp³-hybridized carbons (Fsp3) is 0.500. The van der Waals surface area contributed by atoms with Gasteiger partial charge in [0.05, 0.1) is 22.3 Å². The van der Waals surface area contributed by atoms with Gasteiger partial charge in [0, 0.05) is 12.1 Å². The Morgan fingerprint density at radius 2 is 1.80 bits per heavy atom. The van der Waals surface area contributed by atoms with Crippen molar-refractivity contribution in [2.45, 2.75) is 60.0 Å². The summed E-state index contributed by atoms with van der Waals surface area (Å²) in [7, 11) is 0. The molecule has 0 aliphatic carbocycles. The highest BCUT2D eigenvalue weighted by molar-refractivity contribution is 5.82. The van der Waals surface area contributed by atoms with Crippen LogP contribution in [0.2, 0.25) is 0 Å². The molecule has 3 rings (SSSR count). The standard InChI is InChI=1S/C18H24N4O.C2H6/c1-11(2)9-13-15(10-18(3,4)23)22-14-8-6-5-7-12(14)20-16(19)17(22)21-13;1-2/h5-8,11,23H,9-10H2,1-4H3,(H2,19,20);1-2H3. The number of para-hydroxylation sites is 2. The summed E-state index contributed by atoms with van der Waals surface area (Å²) < 4.78 is 2.06. The van der Waals surface area contributed by atoms with Crippen LogP contribution in [0, 0.1) is 5.92 Å². The van der Waals surface area contributed by atoms with Crippen LogP contribution in [0.4, 0.5) is 5.82 Å². The molecular weight excluding hydrogens is 312 g/mol. The summed E-state index contributed by atoms with van der Waals surface area (Å²) in [5, 5.41) is 10.4. The predicted molar refractivity (Wildman–Crippen MR) is 105 cm³/mol. The van der Waals surface area contributed by atoms with Crippen LogP contribution in [0.25, 0.3) is 16.7 Å². The zero-order chi connectivity index (χ0) is 18.8. The lowest BCUT2D eigenvalue weighted by molar-refractivity contribution is 0.0795. The summed E-state index contributed by atoms with van der Waals surface area (Å²) in [6.07, 6.45) is 1.37. The molecule has 0 saturated carbocycles. The number of fused-ring (bicyclic) bond motifs is 3. The van der Waals surface area contributed by atoms with Gasteiger partial charge in [-0.2, -0.15) is 0 Å². The minimum absolute atomic E-state index is 0.427. The first-order valence-electron chi connectivity index (χ1n) is 9.03. The third kappa shape index (κ3) is 4.10. The number of hydrogen-bond acceptors (Lipinski definition) is 4. The lowest BCUT2D eigenvalue weighted by Crippen LogP contribution is -2.24. The molecule has 3 aromatic rings. The molecule has 0 spiro atoms. The van der Waals surface area contributed by atoms with E-state index in [0.29, 0.717) is 23.8 Å². The van der Waals surface area contributed by atoms with Gasteiger partial charge in [-0.25, -0.2) is 9.97 Å². The Labute approximate surface area is 149 Å². The van der Waals surface area contributed by atoms with E-state index >= 15 is 0 Å². The minimum Gasteiger partial charge on any atom is -0.390 e. The molecule has 0 radical (unpaired) electrons. The molecule has 25 heavy (non-hydrogen) atoms. The highest BCUT2D eigenvalue weighted by Gasteiger charge is 2.23. The monoisotopic (exact) mass is 342 g/mol. The van der Waals surface area contributed by atoms with Crippen molar-refractivity contribution in [1.82, 2.24) is 14.4 Å². The molecule has 3 N–H and O–H groups in total. The Kier molecular flexibility index (Phi) is 5.68. The zero-order valence-corrected chi connectivity index (χ0v) is 16.2. The van der Waals surface area contributed by atoms with Gasteiger partial charge in [-0.05, 0) is 38.3 Å². The van der Waals surface area contributed by atoms with Gasteiger partial charge in [-0.15, -0.1) is 0 Å². The van der Waals surface area contributed by atoms with E-state index in [0.717, 1.165) is 28.8 Å². The van der Waals surface area contributed by atoms with Crippen LogP contribution < -0.4 is 5.73 Å². The largest absolute Gasteiger partial charge is 0.390 e. The van der Waals surface area contributed by atoms with Gasteiger partial charge >= 0.3 is 0 Å². The highest BCUT2D eigenvalue weighted by Crippen LogP contribution is 2.27. The molecular formula is C20H30N4O. The number of aliphatic hydroxyl groups is 1. The number of imidazole rings is 1. The van der Waals surface area contributed by atoms with Crippen LogP contribution >= 0.6 is 0 Å². The van der Waals surface area contributed by atoms with Crippen LogP contribution in [0.3, 0.4) is 0 Å². The molecule has 5 nitrogen and oxygen atoms in total. The van der Waals surface area contributed by atoms with Crippen LogP contribution in [0.1, 0.15) is 52.9 Å². The number of nitrogens with two attached hydrogens (primary N) is 1.